The molecule has 0 atom stereocenters. The standard InChI is InChI=1S/C8H10N2O4/c1-2-14-8(13)10-6(11)3-5(4-9)7(10)12/h3H,2,4,9H2,1H3. The van der Waals surface area contributed by atoms with E-state index in [1.807, 2.05) is 0 Å². The molecule has 0 aromatic carbocycles. The van der Waals surface area contributed by atoms with Crippen LogP contribution in [-0.2, 0) is 14.3 Å². The highest BCUT2D eigenvalue weighted by Crippen LogP contribution is 2.12. The Morgan fingerprint density at radius 3 is 2.64 bits per heavy atom. The Morgan fingerprint density at radius 1 is 1.57 bits per heavy atom. The fourth-order valence-corrected chi connectivity index (χ4v) is 1.03. The third-order valence-electron chi connectivity index (χ3n) is 1.67. The number of imide groups is 3. The monoisotopic (exact) mass is 198 g/mol. The van der Waals surface area contributed by atoms with Crippen LogP contribution in [0.15, 0.2) is 11.6 Å². The van der Waals surface area contributed by atoms with Gasteiger partial charge in [-0.2, -0.15) is 4.90 Å². The number of ether oxygens (including phenoxy) is 1. The molecule has 0 fully saturated rings. The maximum Gasteiger partial charge on any atom is 0.424 e. The molecule has 0 aromatic rings. The summed E-state index contributed by atoms with van der Waals surface area (Å²) >= 11 is 0. The minimum Gasteiger partial charge on any atom is -0.449 e. The molecule has 0 spiro atoms. The first-order chi connectivity index (χ1) is 6.61. The summed E-state index contributed by atoms with van der Waals surface area (Å²) in [5.74, 6) is -1.40. The zero-order valence-corrected chi connectivity index (χ0v) is 7.65. The summed E-state index contributed by atoms with van der Waals surface area (Å²) in [5.41, 5.74) is 5.32. The van der Waals surface area contributed by atoms with Gasteiger partial charge in [-0.25, -0.2) is 4.79 Å². The van der Waals surface area contributed by atoms with Crippen molar-refractivity contribution in [1.82, 2.24) is 4.90 Å². The Kier molecular flexibility index (Phi) is 2.98. The fraction of sp³-hybridized carbons (Fsp3) is 0.375. The number of nitrogens with two attached hydrogens (primary N) is 1. The van der Waals surface area contributed by atoms with Gasteiger partial charge in [0.05, 0.1) is 6.61 Å². The van der Waals surface area contributed by atoms with Crippen molar-refractivity contribution in [3.63, 3.8) is 0 Å². The number of hydrogen-bond acceptors (Lipinski definition) is 5. The van der Waals surface area contributed by atoms with Crippen molar-refractivity contribution < 1.29 is 19.1 Å². The van der Waals surface area contributed by atoms with E-state index < -0.39 is 17.9 Å². The van der Waals surface area contributed by atoms with E-state index in [9.17, 15) is 14.4 Å². The van der Waals surface area contributed by atoms with Crippen LogP contribution in [0.4, 0.5) is 4.79 Å². The van der Waals surface area contributed by atoms with Gasteiger partial charge in [0.25, 0.3) is 11.8 Å². The Morgan fingerprint density at radius 2 is 2.21 bits per heavy atom. The Bertz CT molecular complexity index is 321. The van der Waals surface area contributed by atoms with Crippen molar-refractivity contribution in [2.45, 2.75) is 6.92 Å². The van der Waals surface area contributed by atoms with Crippen LogP contribution in [0.3, 0.4) is 0 Å². The molecule has 1 heterocycles. The second-order valence-corrected chi connectivity index (χ2v) is 2.55. The normalized spacial score (nSPS) is 15.9. The van der Waals surface area contributed by atoms with Crippen molar-refractivity contribution in [1.29, 1.82) is 0 Å². The molecule has 0 saturated heterocycles. The highest BCUT2D eigenvalue weighted by molar-refractivity contribution is 6.24. The second kappa shape index (κ2) is 4.01. The molecule has 0 radical (unpaired) electrons. The summed E-state index contributed by atoms with van der Waals surface area (Å²) in [6.45, 7) is 1.62. The van der Waals surface area contributed by atoms with Gasteiger partial charge in [0.1, 0.15) is 0 Å². The summed E-state index contributed by atoms with van der Waals surface area (Å²) in [6, 6.07) is 0. The summed E-state index contributed by atoms with van der Waals surface area (Å²) in [7, 11) is 0. The molecule has 3 amide bonds. The summed E-state index contributed by atoms with van der Waals surface area (Å²) < 4.78 is 4.53. The van der Waals surface area contributed by atoms with E-state index in [1.54, 1.807) is 6.92 Å². The molecule has 0 saturated carbocycles. The van der Waals surface area contributed by atoms with Gasteiger partial charge in [-0.05, 0) is 6.92 Å². The molecule has 0 unspecified atom stereocenters. The van der Waals surface area contributed by atoms with Crippen molar-refractivity contribution >= 4 is 17.9 Å². The average molecular weight is 198 g/mol. The first-order valence-corrected chi connectivity index (χ1v) is 4.07. The Balaban J connectivity index is 2.81. The van der Waals surface area contributed by atoms with Gasteiger partial charge in [-0.15, -0.1) is 0 Å². The maximum absolute atomic E-state index is 11.3. The predicted molar refractivity (Wildman–Crippen MR) is 46.0 cm³/mol. The number of hydrogen-bond donors (Lipinski definition) is 1. The molecule has 1 aliphatic heterocycles. The first kappa shape index (κ1) is 10.4. The van der Waals surface area contributed by atoms with E-state index in [4.69, 9.17) is 5.73 Å². The van der Waals surface area contributed by atoms with Crippen LogP contribution in [0.1, 0.15) is 6.92 Å². The van der Waals surface area contributed by atoms with E-state index in [0.717, 1.165) is 6.08 Å². The number of nitrogens with zero attached hydrogens (tertiary/aromatic N) is 1. The topological polar surface area (TPSA) is 89.7 Å². The van der Waals surface area contributed by atoms with Crippen LogP contribution in [-0.4, -0.2) is 36.0 Å². The second-order valence-electron chi connectivity index (χ2n) is 2.55. The minimum atomic E-state index is -0.956. The van der Waals surface area contributed by atoms with Crippen molar-refractivity contribution in [3.05, 3.63) is 11.6 Å². The molecule has 76 valence electrons. The maximum atomic E-state index is 11.3. The lowest BCUT2D eigenvalue weighted by atomic mass is 10.3. The van der Waals surface area contributed by atoms with E-state index in [-0.39, 0.29) is 18.7 Å². The zero-order valence-electron chi connectivity index (χ0n) is 7.65. The van der Waals surface area contributed by atoms with Crippen LogP contribution >= 0.6 is 0 Å². The SMILES string of the molecule is CCOC(=O)N1C(=O)C=C(CN)C1=O. The third-order valence-corrected chi connectivity index (χ3v) is 1.67. The fourth-order valence-electron chi connectivity index (χ4n) is 1.03. The molecule has 6 nitrogen and oxygen atoms in total. The lowest BCUT2D eigenvalue weighted by Gasteiger charge is -2.11. The van der Waals surface area contributed by atoms with Gasteiger partial charge in [-0.3, -0.25) is 9.59 Å². The highest BCUT2D eigenvalue weighted by Gasteiger charge is 2.36. The summed E-state index contributed by atoms with van der Waals surface area (Å²) in [5, 5.41) is 0. The van der Waals surface area contributed by atoms with Crippen molar-refractivity contribution in [2.24, 2.45) is 5.73 Å². The van der Waals surface area contributed by atoms with Crippen LogP contribution in [0.25, 0.3) is 0 Å². The number of carbonyl (C=O) groups excluding carboxylic acids is 3. The lowest BCUT2D eigenvalue weighted by Crippen LogP contribution is -2.38. The molecule has 6 heteroatoms. The van der Waals surface area contributed by atoms with Gasteiger partial charge in [0, 0.05) is 18.2 Å². The molecular weight excluding hydrogens is 188 g/mol. The molecule has 0 bridgehead atoms. The van der Waals surface area contributed by atoms with Crippen LogP contribution in [0.2, 0.25) is 0 Å². The summed E-state index contributed by atoms with van der Waals surface area (Å²) in [4.78, 5) is 34.0. The molecular formula is C8H10N2O4. The molecule has 1 aliphatic rings. The predicted octanol–water partition coefficient (Wildman–Crippen LogP) is -0.603. The van der Waals surface area contributed by atoms with Gasteiger partial charge in [0.15, 0.2) is 0 Å². The quantitative estimate of drug-likeness (QED) is 0.598. The number of amides is 3. The third kappa shape index (κ3) is 1.64. The van der Waals surface area contributed by atoms with Crippen LogP contribution in [0, 0.1) is 0 Å². The number of rotatable bonds is 2. The van der Waals surface area contributed by atoms with Gasteiger partial charge in [-0.1, -0.05) is 0 Å². The van der Waals surface area contributed by atoms with Gasteiger partial charge < -0.3 is 10.5 Å². The molecule has 1 rings (SSSR count). The first-order valence-electron chi connectivity index (χ1n) is 4.07. The molecule has 14 heavy (non-hydrogen) atoms. The van der Waals surface area contributed by atoms with Gasteiger partial charge in [0.2, 0.25) is 0 Å². The minimum absolute atomic E-state index is 0.0690. The van der Waals surface area contributed by atoms with Crippen molar-refractivity contribution in [3.8, 4) is 0 Å². The largest absolute Gasteiger partial charge is 0.449 e. The van der Waals surface area contributed by atoms with Crippen LogP contribution in [0.5, 0.6) is 0 Å². The summed E-state index contributed by atoms with van der Waals surface area (Å²) in [6.07, 6.45) is 0.0846. The zero-order chi connectivity index (χ0) is 10.7. The molecule has 0 aliphatic carbocycles. The Hall–Kier alpha value is -1.69. The average Bonchev–Trinajstić information content (AvgIpc) is 2.41. The van der Waals surface area contributed by atoms with E-state index in [2.05, 4.69) is 4.74 Å². The highest BCUT2D eigenvalue weighted by atomic mass is 16.6. The van der Waals surface area contributed by atoms with Gasteiger partial charge >= 0.3 is 6.09 Å². The van der Waals surface area contributed by atoms with E-state index in [0.29, 0.717) is 4.90 Å². The Labute approximate surface area is 80.3 Å². The van der Waals surface area contributed by atoms with E-state index >= 15 is 0 Å². The molecule has 2 N–H and O–H groups in total. The lowest BCUT2D eigenvalue weighted by molar-refractivity contribution is -0.134. The number of carbonyl (C=O) groups is 3. The van der Waals surface area contributed by atoms with Crippen molar-refractivity contribution in [2.75, 3.05) is 13.2 Å². The smallest absolute Gasteiger partial charge is 0.424 e. The molecule has 0 aromatic heterocycles. The van der Waals surface area contributed by atoms with Crippen LogP contribution < -0.4 is 5.73 Å². The van der Waals surface area contributed by atoms with E-state index in [1.165, 1.54) is 0 Å².